The minimum Gasteiger partial charge on any atom is -0.497 e. The number of nitrogens with zero attached hydrogens (tertiary/aromatic N) is 3. The number of ether oxygens (including phenoxy) is 1. The molecule has 1 aromatic carbocycles. The van der Waals surface area contributed by atoms with E-state index in [9.17, 15) is 0 Å². The molecular weight excluding hydrogens is 288 g/mol. The van der Waals surface area contributed by atoms with Crippen LogP contribution in [0.25, 0.3) is 16.7 Å². The maximum atomic E-state index is 6.16. The van der Waals surface area contributed by atoms with Crippen LogP contribution in [0.3, 0.4) is 0 Å². The van der Waals surface area contributed by atoms with Gasteiger partial charge in [0, 0.05) is 23.5 Å². The summed E-state index contributed by atoms with van der Waals surface area (Å²) >= 11 is 0. The van der Waals surface area contributed by atoms with Crippen LogP contribution in [0.1, 0.15) is 24.3 Å². The van der Waals surface area contributed by atoms with Crippen LogP contribution in [0.15, 0.2) is 48.9 Å². The number of allylic oxidation sites excluding steroid dienone is 2. The van der Waals surface area contributed by atoms with Gasteiger partial charge in [-0.05, 0) is 30.9 Å². The molecule has 2 heterocycles. The number of nitrogens with two attached hydrogens (primary N) is 1. The van der Waals surface area contributed by atoms with Crippen LogP contribution in [0, 0.1) is 0 Å². The third kappa shape index (κ3) is 2.25. The standard InChI is InChI=1S/C18H18N4O/c1-23-14-8-4-7-13(9-14)22-10-15(12-5-2-3-6-12)16-17(22)18(19)21-11-20-16/h2-4,7-12H,5-6H2,1H3,(H2,19,20,21). The second-order valence-corrected chi connectivity index (χ2v) is 5.75. The Hall–Kier alpha value is -2.82. The third-order valence-corrected chi connectivity index (χ3v) is 4.41. The summed E-state index contributed by atoms with van der Waals surface area (Å²) in [7, 11) is 1.67. The van der Waals surface area contributed by atoms with Gasteiger partial charge in [-0.2, -0.15) is 0 Å². The van der Waals surface area contributed by atoms with Crippen molar-refractivity contribution in [3.05, 3.63) is 54.5 Å². The molecule has 0 spiro atoms. The van der Waals surface area contributed by atoms with Crippen molar-refractivity contribution in [3.8, 4) is 11.4 Å². The summed E-state index contributed by atoms with van der Waals surface area (Å²) in [6, 6.07) is 7.92. The zero-order valence-electron chi connectivity index (χ0n) is 12.9. The first-order valence-electron chi connectivity index (χ1n) is 7.69. The minimum absolute atomic E-state index is 0.457. The SMILES string of the molecule is COc1cccc(-n2cc(C3CC=CC3)c3ncnc(N)c32)c1. The van der Waals surface area contributed by atoms with Gasteiger partial charge in [0.25, 0.3) is 0 Å². The van der Waals surface area contributed by atoms with Crippen molar-refractivity contribution < 1.29 is 4.74 Å². The Morgan fingerprint density at radius 3 is 2.83 bits per heavy atom. The molecule has 2 aromatic heterocycles. The molecule has 0 amide bonds. The summed E-state index contributed by atoms with van der Waals surface area (Å²) < 4.78 is 7.41. The molecule has 0 unspecified atom stereocenters. The van der Waals surface area contributed by atoms with Crippen molar-refractivity contribution in [2.75, 3.05) is 12.8 Å². The first-order valence-corrected chi connectivity index (χ1v) is 7.69. The monoisotopic (exact) mass is 306 g/mol. The Morgan fingerprint density at radius 1 is 1.22 bits per heavy atom. The summed E-state index contributed by atoms with van der Waals surface area (Å²) in [6.45, 7) is 0. The smallest absolute Gasteiger partial charge is 0.151 e. The van der Waals surface area contributed by atoms with E-state index in [1.165, 1.54) is 5.56 Å². The largest absolute Gasteiger partial charge is 0.497 e. The summed E-state index contributed by atoms with van der Waals surface area (Å²) in [6.07, 6.45) is 10.2. The maximum absolute atomic E-state index is 6.16. The Kier molecular flexibility index (Phi) is 3.26. The van der Waals surface area contributed by atoms with Gasteiger partial charge in [0.05, 0.1) is 12.6 Å². The zero-order chi connectivity index (χ0) is 15.8. The van der Waals surface area contributed by atoms with E-state index in [1.807, 2.05) is 24.3 Å². The van der Waals surface area contributed by atoms with Gasteiger partial charge in [-0.3, -0.25) is 0 Å². The molecule has 0 bridgehead atoms. The molecule has 23 heavy (non-hydrogen) atoms. The third-order valence-electron chi connectivity index (χ3n) is 4.41. The minimum atomic E-state index is 0.457. The highest BCUT2D eigenvalue weighted by molar-refractivity contribution is 5.90. The fraction of sp³-hybridized carbons (Fsp3) is 0.222. The van der Waals surface area contributed by atoms with Gasteiger partial charge in [0.2, 0.25) is 0 Å². The molecule has 2 N–H and O–H groups in total. The van der Waals surface area contributed by atoms with Crippen LogP contribution >= 0.6 is 0 Å². The van der Waals surface area contributed by atoms with Crippen molar-refractivity contribution in [2.45, 2.75) is 18.8 Å². The molecule has 5 nitrogen and oxygen atoms in total. The van der Waals surface area contributed by atoms with Gasteiger partial charge in [-0.1, -0.05) is 18.2 Å². The topological polar surface area (TPSA) is 66.0 Å². The van der Waals surface area contributed by atoms with E-state index in [1.54, 1.807) is 13.4 Å². The molecule has 0 atom stereocenters. The second-order valence-electron chi connectivity index (χ2n) is 5.75. The van der Waals surface area contributed by atoms with Crippen molar-refractivity contribution in [1.29, 1.82) is 0 Å². The number of aromatic nitrogens is 3. The fourth-order valence-corrected chi connectivity index (χ4v) is 3.24. The summed E-state index contributed by atoms with van der Waals surface area (Å²) in [4.78, 5) is 8.68. The first kappa shape index (κ1) is 13.8. The number of nitrogen functional groups attached to an aromatic ring is 1. The van der Waals surface area contributed by atoms with E-state index in [4.69, 9.17) is 10.5 Å². The molecule has 0 fully saturated rings. The lowest BCUT2D eigenvalue weighted by atomic mass is 9.99. The van der Waals surface area contributed by atoms with Gasteiger partial charge in [0.1, 0.15) is 17.6 Å². The number of hydrogen-bond donors (Lipinski definition) is 1. The molecule has 0 saturated heterocycles. The van der Waals surface area contributed by atoms with Crippen molar-refractivity contribution in [1.82, 2.24) is 14.5 Å². The van der Waals surface area contributed by atoms with Crippen molar-refractivity contribution in [3.63, 3.8) is 0 Å². The number of hydrogen-bond acceptors (Lipinski definition) is 4. The molecule has 0 aliphatic heterocycles. The van der Waals surface area contributed by atoms with Gasteiger partial charge in [-0.15, -0.1) is 0 Å². The zero-order valence-corrected chi connectivity index (χ0v) is 12.9. The van der Waals surface area contributed by atoms with Crippen molar-refractivity contribution >= 4 is 16.9 Å². The van der Waals surface area contributed by atoms with Crippen LogP contribution < -0.4 is 10.5 Å². The second kappa shape index (κ2) is 5.43. The van der Waals surface area contributed by atoms with Gasteiger partial charge < -0.3 is 15.0 Å². The van der Waals surface area contributed by atoms with E-state index in [0.717, 1.165) is 35.3 Å². The number of benzene rings is 1. The molecule has 1 aliphatic carbocycles. The molecule has 0 saturated carbocycles. The number of rotatable bonds is 3. The number of fused-ring (bicyclic) bond motifs is 1. The Morgan fingerprint density at radius 2 is 2.04 bits per heavy atom. The van der Waals surface area contributed by atoms with Crippen LogP contribution in [-0.2, 0) is 0 Å². The number of methoxy groups -OCH3 is 1. The lowest BCUT2D eigenvalue weighted by molar-refractivity contribution is 0.414. The van der Waals surface area contributed by atoms with Gasteiger partial charge in [-0.25, -0.2) is 9.97 Å². The van der Waals surface area contributed by atoms with E-state index < -0.39 is 0 Å². The van der Waals surface area contributed by atoms with E-state index >= 15 is 0 Å². The molecule has 3 aromatic rings. The van der Waals surface area contributed by atoms with Crippen molar-refractivity contribution in [2.24, 2.45) is 0 Å². The van der Waals surface area contributed by atoms with Gasteiger partial charge >= 0.3 is 0 Å². The van der Waals surface area contributed by atoms with E-state index in [0.29, 0.717) is 11.7 Å². The summed E-state index contributed by atoms with van der Waals surface area (Å²) in [5, 5.41) is 0. The predicted octanol–water partition coefficient (Wildman–Crippen LogP) is 3.44. The summed E-state index contributed by atoms with van der Waals surface area (Å²) in [5.74, 6) is 1.76. The van der Waals surface area contributed by atoms with E-state index in [-0.39, 0.29) is 0 Å². The highest BCUT2D eigenvalue weighted by Gasteiger charge is 2.22. The molecule has 4 rings (SSSR count). The van der Waals surface area contributed by atoms with Crippen LogP contribution in [0.5, 0.6) is 5.75 Å². The lowest BCUT2D eigenvalue weighted by Crippen LogP contribution is -1.99. The first-order chi connectivity index (χ1) is 11.3. The molecular formula is C18H18N4O. The van der Waals surface area contributed by atoms with Crippen LogP contribution in [0.2, 0.25) is 0 Å². The fourth-order valence-electron chi connectivity index (χ4n) is 3.24. The number of anilines is 1. The predicted molar refractivity (Wildman–Crippen MR) is 90.9 cm³/mol. The molecule has 0 radical (unpaired) electrons. The Balaban J connectivity index is 1.95. The van der Waals surface area contributed by atoms with Gasteiger partial charge in [0.15, 0.2) is 5.82 Å². The van der Waals surface area contributed by atoms with Crippen LogP contribution in [0.4, 0.5) is 5.82 Å². The normalized spacial score (nSPS) is 14.7. The Bertz CT molecular complexity index is 889. The van der Waals surface area contributed by atoms with Crippen LogP contribution in [-0.4, -0.2) is 21.6 Å². The highest BCUT2D eigenvalue weighted by Crippen LogP contribution is 2.37. The lowest BCUT2D eigenvalue weighted by Gasteiger charge is -2.08. The highest BCUT2D eigenvalue weighted by atomic mass is 16.5. The average molecular weight is 306 g/mol. The quantitative estimate of drug-likeness (QED) is 0.753. The maximum Gasteiger partial charge on any atom is 0.151 e. The molecule has 5 heteroatoms. The molecule has 116 valence electrons. The summed E-state index contributed by atoms with van der Waals surface area (Å²) in [5.41, 5.74) is 10.2. The average Bonchev–Trinajstić information content (AvgIpc) is 3.23. The van der Waals surface area contributed by atoms with E-state index in [2.05, 4.69) is 32.9 Å². The molecule has 1 aliphatic rings. The Labute approximate surface area is 134 Å².